The Morgan fingerprint density at radius 1 is 0.758 bits per heavy atom. The van der Waals surface area contributed by atoms with Gasteiger partial charge in [0.1, 0.15) is 5.84 Å². The van der Waals surface area contributed by atoms with Gasteiger partial charge in [-0.25, -0.2) is 9.79 Å². The van der Waals surface area contributed by atoms with Crippen molar-refractivity contribution in [2.24, 2.45) is 4.99 Å². The van der Waals surface area contributed by atoms with Crippen LogP contribution in [0.1, 0.15) is 22.9 Å². The van der Waals surface area contributed by atoms with Crippen molar-refractivity contribution in [1.29, 1.82) is 0 Å². The third-order valence-corrected chi connectivity index (χ3v) is 5.82. The van der Waals surface area contributed by atoms with Crippen LogP contribution in [0.15, 0.2) is 120 Å². The number of urea groups is 1. The Bertz CT molecular complexity index is 1280. The van der Waals surface area contributed by atoms with Crippen LogP contribution in [0.4, 0.5) is 10.5 Å². The third kappa shape index (κ3) is 4.38. The summed E-state index contributed by atoms with van der Waals surface area (Å²) in [5.41, 5.74) is 3.56. The van der Waals surface area contributed by atoms with E-state index in [2.05, 4.69) is 0 Å². The van der Waals surface area contributed by atoms with E-state index in [0.717, 1.165) is 16.7 Å². The Labute approximate surface area is 198 Å². The summed E-state index contributed by atoms with van der Waals surface area (Å²) in [7, 11) is 0. The lowest BCUT2D eigenvalue weighted by atomic mass is 10.1. The molecule has 0 aliphatic carbocycles. The molecule has 0 fully saturated rings. The largest absolute Gasteiger partial charge is 0.332 e. The summed E-state index contributed by atoms with van der Waals surface area (Å²) >= 11 is 6.31. The van der Waals surface area contributed by atoms with Gasteiger partial charge in [0.15, 0.2) is 6.17 Å². The number of rotatable bonds is 5. The predicted molar refractivity (Wildman–Crippen MR) is 133 cm³/mol. The maximum absolute atomic E-state index is 14.1. The molecule has 4 nitrogen and oxygen atoms in total. The number of amides is 2. The van der Waals surface area contributed by atoms with E-state index in [1.54, 1.807) is 21.9 Å². The number of hydrogen-bond acceptors (Lipinski definition) is 2. The summed E-state index contributed by atoms with van der Waals surface area (Å²) < 4.78 is 0. The van der Waals surface area contributed by atoms with Crippen LogP contribution in [0, 0.1) is 0 Å². The zero-order valence-corrected chi connectivity index (χ0v) is 18.6. The zero-order valence-electron chi connectivity index (χ0n) is 17.9. The summed E-state index contributed by atoms with van der Waals surface area (Å²) in [5, 5.41) is 0.569. The highest BCUT2D eigenvalue weighted by molar-refractivity contribution is 6.31. The van der Waals surface area contributed by atoms with Crippen LogP contribution in [0.3, 0.4) is 0 Å². The summed E-state index contributed by atoms with van der Waals surface area (Å²) in [6, 6.07) is 36.9. The molecule has 1 aliphatic rings. The van der Waals surface area contributed by atoms with Gasteiger partial charge in [0.25, 0.3) is 0 Å². The smallest absolute Gasteiger partial charge is 0.273 e. The van der Waals surface area contributed by atoms with Gasteiger partial charge in [-0.2, -0.15) is 0 Å². The second kappa shape index (κ2) is 9.31. The maximum Gasteiger partial charge on any atom is 0.332 e. The fraction of sp³-hybridized carbons (Fsp3) is 0.0714. The zero-order chi connectivity index (χ0) is 22.6. The van der Waals surface area contributed by atoms with E-state index in [1.165, 1.54) is 0 Å². The Hall–Kier alpha value is -3.89. The van der Waals surface area contributed by atoms with Gasteiger partial charge >= 0.3 is 6.03 Å². The second-order valence-electron chi connectivity index (χ2n) is 7.81. The normalized spacial score (nSPS) is 16.0. The number of hydrogen-bond donors (Lipinski definition) is 0. The van der Waals surface area contributed by atoms with E-state index in [0.29, 0.717) is 23.1 Å². The maximum atomic E-state index is 14.1. The third-order valence-electron chi connectivity index (χ3n) is 5.58. The van der Waals surface area contributed by atoms with Crippen molar-refractivity contribution >= 4 is 29.2 Å². The van der Waals surface area contributed by atoms with Crippen LogP contribution >= 0.6 is 11.6 Å². The highest BCUT2D eigenvalue weighted by Gasteiger charge is 2.38. The van der Waals surface area contributed by atoms with Crippen LogP contribution in [0.5, 0.6) is 0 Å². The number of benzene rings is 4. The standard InChI is InChI=1S/C28H22ClN3O/c29-24-17-10-18-25(19-24)32-27(23-15-8-3-9-16-23)30-26(22-13-6-2-7-14-22)31(28(32)33)20-21-11-4-1-5-12-21/h1-19,27H,20H2. The molecule has 162 valence electrons. The molecule has 0 N–H and O–H groups in total. The van der Waals surface area contributed by atoms with E-state index in [1.807, 2.05) is 103 Å². The highest BCUT2D eigenvalue weighted by Crippen LogP contribution is 2.35. The number of halogens is 1. The van der Waals surface area contributed by atoms with Crippen molar-refractivity contribution in [3.05, 3.63) is 137 Å². The molecule has 1 unspecified atom stereocenters. The van der Waals surface area contributed by atoms with Gasteiger partial charge in [-0.3, -0.25) is 9.80 Å². The Kier molecular flexibility index (Phi) is 5.92. The summed E-state index contributed by atoms with van der Waals surface area (Å²) in [6.45, 7) is 0.409. The van der Waals surface area contributed by atoms with Crippen LogP contribution in [-0.2, 0) is 6.54 Å². The number of anilines is 1. The topological polar surface area (TPSA) is 35.9 Å². The van der Waals surface area contributed by atoms with Crippen molar-refractivity contribution in [2.45, 2.75) is 12.7 Å². The molecule has 0 radical (unpaired) electrons. The van der Waals surface area contributed by atoms with Crippen LogP contribution < -0.4 is 4.90 Å². The molecule has 2 amide bonds. The molecule has 33 heavy (non-hydrogen) atoms. The lowest BCUT2D eigenvalue weighted by molar-refractivity contribution is 0.220. The lowest BCUT2D eigenvalue weighted by Crippen LogP contribution is -2.51. The van der Waals surface area contributed by atoms with Gasteiger partial charge in [-0.15, -0.1) is 0 Å². The van der Waals surface area contributed by atoms with Gasteiger partial charge in [-0.05, 0) is 29.3 Å². The summed E-state index contributed by atoms with van der Waals surface area (Å²) in [5.74, 6) is 0.650. The van der Waals surface area contributed by atoms with Gasteiger partial charge in [-0.1, -0.05) is 109 Å². The number of aliphatic imine (C=N–C) groups is 1. The summed E-state index contributed by atoms with van der Waals surface area (Å²) in [4.78, 5) is 22.7. The van der Waals surface area contributed by atoms with Crippen molar-refractivity contribution in [3.63, 3.8) is 0 Å². The average molecular weight is 452 g/mol. The van der Waals surface area contributed by atoms with Gasteiger partial charge in [0.05, 0.1) is 6.54 Å². The van der Waals surface area contributed by atoms with Crippen LogP contribution in [0.2, 0.25) is 5.02 Å². The highest BCUT2D eigenvalue weighted by atomic mass is 35.5. The van der Waals surface area contributed by atoms with Crippen LogP contribution in [-0.4, -0.2) is 16.8 Å². The second-order valence-corrected chi connectivity index (χ2v) is 8.24. The van der Waals surface area contributed by atoms with Crippen molar-refractivity contribution in [1.82, 2.24) is 4.90 Å². The molecule has 0 bridgehead atoms. The van der Waals surface area contributed by atoms with Gasteiger partial charge in [0, 0.05) is 16.3 Å². The molecule has 0 saturated heterocycles. The van der Waals surface area contributed by atoms with E-state index < -0.39 is 6.17 Å². The first-order valence-electron chi connectivity index (χ1n) is 10.8. The molecule has 5 rings (SSSR count). The number of carbonyl (C=O) groups excluding carboxylic acids is 1. The number of amidine groups is 1. The minimum absolute atomic E-state index is 0.149. The Morgan fingerprint density at radius 2 is 1.39 bits per heavy atom. The van der Waals surface area contributed by atoms with Crippen molar-refractivity contribution in [3.8, 4) is 0 Å². The fourth-order valence-electron chi connectivity index (χ4n) is 4.02. The quantitative estimate of drug-likeness (QED) is 0.324. The molecular weight excluding hydrogens is 430 g/mol. The molecule has 0 saturated carbocycles. The Balaban J connectivity index is 1.69. The van der Waals surface area contributed by atoms with E-state index in [-0.39, 0.29) is 6.03 Å². The molecule has 1 aliphatic heterocycles. The van der Waals surface area contributed by atoms with Crippen molar-refractivity contribution in [2.75, 3.05) is 4.90 Å². The first-order chi connectivity index (χ1) is 16.2. The predicted octanol–water partition coefficient (Wildman–Crippen LogP) is 6.93. The van der Waals surface area contributed by atoms with E-state index in [9.17, 15) is 4.79 Å². The summed E-state index contributed by atoms with van der Waals surface area (Å²) in [6.07, 6.45) is -0.514. The molecule has 0 spiro atoms. The van der Waals surface area contributed by atoms with E-state index in [4.69, 9.17) is 16.6 Å². The Morgan fingerprint density at radius 3 is 2.06 bits per heavy atom. The first kappa shape index (κ1) is 21.0. The molecular formula is C28H22ClN3O. The molecule has 4 aromatic carbocycles. The molecule has 1 atom stereocenters. The SMILES string of the molecule is O=C1N(Cc2ccccc2)C(c2ccccc2)=NC(c2ccccc2)N1c1cccc(Cl)c1. The van der Waals surface area contributed by atoms with Crippen LogP contribution in [0.25, 0.3) is 0 Å². The fourth-order valence-corrected chi connectivity index (χ4v) is 4.21. The lowest BCUT2D eigenvalue weighted by Gasteiger charge is -2.40. The van der Waals surface area contributed by atoms with Gasteiger partial charge < -0.3 is 0 Å². The minimum atomic E-state index is -0.514. The number of nitrogens with zero attached hydrogens (tertiary/aromatic N) is 3. The monoisotopic (exact) mass is 451 g/mol. The minimum Gasteiger partial charge on any atom is -0.273 e. The van der Waals surface area contributed by atoms with Crippen molar-refractivity contribution < 1.29 is 4.79 Å². The molecule has 5 heteroatoms. The molecule has 4 aromatic rings. The first-order valence-corrected chi connectivity index (χ1v) is 11.2. The average Bonchev–Trinajstić information content (AvgIpc) is 2.86. The van der Waals surface area contributed by atoms with E-state index >= 15 is 0 Å². The molecule has 0 aromatic heterocycles. The van der Waals surface area contributed by atoms with Gasteiger partial charge in [0.2, 0.25) is 0 Å². The molecule has 1 heterocycles. The number of carbonyl (C=O) groups is 1.